The van der Waals surface area contributed by atoms with E-state index in [2.05, 4.69) is 60.1 Å². The summed E-state index contributed by atoms with van der Waals surface area (Å²) in [5.74, 6) is 0.187. The average molecular weight is 412 g/mol. The van der Waals surface area contributed by atoms with Crippen LogP contribution in [-0.4, -0.2) is 16.5 Å². The average Bonchev–Trinajstić information content (AvgIpc) is 3.06. The van der Waals surface area contributed by atoms with Gasteiger partial charge in [0.2, 0.25) is 0 Å². The number of carbonyl (C=O) groups excluding carboxylic acids is 1. The summed E-state index contributed by atoms with van der Waals surface area (Å²) in [5.41, 5.74) is 4.22. The van der Waals surface area contributed by atoms with E-state index >= 15 is 0 Å². The van der Waals surface area contributed by atoms with Gasteiger partial charge in [-0.3, -0.25) is 4.79 Å². The third kappa shape index (κ3) is 4.27. The predicted octanol–water partition coefficient (Wildman–Crippen LogP) is 5.85. The van der Waals surface area contributed by atoms with Gasteiger partial charge < -0.3 is 9.88 Å². The second kappa shape index (κ2) is 8.81. The van der Waals surface area contributed by atoms with Crippen molar-refractivity contribution >= 4 is 22.8 Å². The van der Waals surface area contributed by atoms with E-state index in [0.29, 0.717) is 5.92 Å². The van der Waals surface area contributed by atoms with E-state index in [4.69, 9.17) is 0 Å². The van der Waals surface area contributed by atoms with Crippen LogP contribution < -0.4 is 5.32 Å². The van der Waals surface area contributed by atoms with Crippen LogP contribution in [-0.2, 0) is 4.79 Å². The third-order valence-electron chi connectivity index (χ3n) is 6.55. The molecule has 0 saturated heterocycles. The van der Waals surface area contributed by atoms with Gasteiger partial charge >= 0.3 is 0 Å². The molecule has 31 heavy (non-hydrogen) atoms. The smallest absolute Gasteiger partial charge is 0.262 e. The largest absolute Gasteiger partial charge is 0.348 e. The Labute approximate surface area is 184 Å². The topological polar surface area (TPSA) is 57.8 Å². The van der Waals surface area contributed by atoms with Crippen molar-refractivity contribution in [2.45, 2.75) is 52.5 Å². The lowest BCUT2D eigenvalue weighted by molar-refractivity contribution is -0.118. The van der Waals surface area contributed by atoms with Crippen LogP contribution in [0.15, 0.2) is 54.1 Å². The molecule has 1 N–H and O–H groups in total. The van der Waals surface area contributed by atoms with Crippen LogP contribution in [0.2, 0.25) is 0 Å². The second-order valence-corrected chi connectivity index (χ2v) is 8.70. The van der Waals surface area contributed by atoms with E-state index in [1.54, 1.807) is 6.08 Å². The van der Waals surface area contributed by atoms with Crippen molar-refractivity contribution in [3.05, 3.63) is 71.1 Å². The van der Waals surface area contributed by atoms with Gasteiger partial charge in [-0.2, -0.15) is 5.26 Å². The number of amides is 1. The molecule has 1 aromatic heterocycles. The number of nitrogens with one attached hydrogen (secondary N) is 1. The first-order chi connectivity index (χ1) is 15.0. The number of benzene rings is 2. The number of aromatic nitrogens is 1. The molecule has 0 aliphatic heterocycles. The minimum Gasteiger partial charge on any atom is -0.348 e. The Hall–Kier alpha value is -3.32. The summed E-state index contributed by atoms with van der Waals surface area (Å²) < 4.78 is 2.17. The van der Waals surface area contributed by atoms with E-state index < -0.39 is 0 Å². The quantitative estimate of drug-likeness (QED) is 0.432. The monoisotopic (exact) mass is 411 g/mol. The van der Waals surface area contributed by atoms with Crippen molar-refractivity contribution < 1.29 is 4.79 Å². The molecule has 4 heteroatoms. The van der Waals surface area contributed by atoms with E-state index in [1.807, 2.05) is 25.1 Å². The van der Waals surface area contributed by atoms with E-state index in [0.717, 1.165) is 41.9 Å². The van der Waals surface area contributed by atoms with Crippen LogP contribution in [0, 0.1) is 31.1 Å². The summed E-state index contributed by atoms with van der Waals surface area (Å²) in [6.07, 6.45) is 6.19. The normalized spacial score (nSPS) is 19.2. The molecule has 0 bridgehead atoms. The van der Waals surface area contributed by atoms with Crippen molar-refractivity contribution in [2.24, 2.45) is 5.92 Å². The lowest BCUT2D eigenvalue weighted by atomic mass is 9.86. The molecule has 1 aliphatic rings. The number of fused-ring (bicyclic) bond motifs is 1. The van der Waals surface area contributed by atoms with Crippen LogP contribution in [0.4, 0.5) is 0 Å². The summed E-state index contributed by atoms with van der Waals surface area (Å²) in [7, 11) is 0. The van der Waals surface area contributed by atoms with E-state index in [9.17, 15) is 10.1 Å². The summed E-state index contributed by atoms with van der Waals surface area (Å²) >= 11 is 0. The van der Waals surface area contributed by atoms with Gasteiger partial charge in [-0.05, 0) is 73.2 Å². The highest BCUT2D eigenvalue weighted by Gasteiger charge is 2.24. The molecule has 0 unspecified atom stereocenters. The molecule has 2 atom stereocenters. The number of aryl methyl sites for hydroxylation is 1. The van der Waals surface area contributed by atoms with Gasteiger partial charge in [0, 0.05) is 23.1 Å². The van der Waals surface area contributed by atoms with E-state index in [1.165, 1.54) is 17.2 Å². The van der Waals surface area contributed by atoms with Gasteiger partial charge in [0.25, 0.3) is 5.91 Å². The highest BCUT2D eigenvalue weighted by Crippen LogP contribution is 2.27. The molecule has 0 spiro atoms. The Balaban J connectivity index is 1.64. The first kappa shape index (κ1) is 20.9. The predicted molar refractivity (Wildman–Crippen MR) is 126 cm³/mol. The van der Waals surface area contributed by atoms with Gasteiger partial charge in [0.15, 0.2) is 0 Å². The zero-order chi connectivity index (χ0) is 22.0. The zero-order valence-electron chi connectivity index (χ0n) is 18.5. The highest BCUT2D eigenvalue weighted by molar-refractivity contribution is 6.02. The summed E-state index contributed by atoms with van der Waals surface area (Å²) in [6.45, 7) is 6.26. The SMILES string of the molecule is Cc1cc(/C=C(\C#N)C(=O)N[C@H]2CCCC[C@@H]2C)c(C)n1-c1ccc2ccccc2c1. The van der Waals surface area contributed by atoms with Crippen LogP contribution in [0.1, 0.15) is 49.6 Å². The minimum atomic E-state index is -0.267. The van der Waals surface area contributed by atoms with Crippen molar-refractivity contribution in [3.8, 4) is 11.8 Å². The molecule has 1 aliphatic carbocycles. The van der Waals surface area contributed by atoms with Gasteiger partial charge in [0.05, 0.1) is 0 Å². The van der Waals surface area contributed by atoms with Gasteiger partial charge in [-0.1, -0.05) is 50.1 Å². The van der Waals surface area contributed by atoms with Gasteiger partial charge in [-0.25, -0.2) is 0 Å². The van der Waals surface area contributed by atoms with Crippen molar-refractivity contribution in [1.29, 1.82) is 5.26 Å². The van der Waals surface area contributed by atoms with Crippen LogP contribution in [0.25, 0.3) is 22.5 Å². The summed E-state index contributed by atoms with van der Waals surface area (Å²) in [4.78, 5) is 12.8. The molecule has 1 saturated carbocycles. The molecular formula is C27H29N3O. The maximum absolute atomic E-state index is 12.8. The fraction of sp³-hybridized carbons (Fsp3) is 0.333. The molecule has 3 aromatic rings. The molecule has 4 nitrogen and oxygen atoms in total. The van der Waals surface area contributed by atoms with E-state index in [-0.39, 0.29) is 17.5 Å². The third-order valence-corrected chi connectivity index (χ3v) is 6.55. The molecule has 1 amide bonds. The number of carbonyl (C=O) groups is 1. The fourth-order valence-electron chi connectivity index (χ4n) is 4.73. The number of rotatable bonds is 4. The lowest BCUT2D eigenvalue weighted by Crippen LogP contribution is -2.41. The molecule has 4 rings (SSSR count). The Morgan fingerprint density at radius 3 is 2.58 bits per heavy atom. The molecule has 2 aromatic carbocycles. The molecule has 0 radical (unpaired) electrons. The number of nitrogens with zero attached hydrogens (tertiary/aromatic N) is 2. The Kier molecular flexibility index (Phi) is 5.95. The Morgan fingerprint density at radius 2 is 1.84 bits per heavy atom. The first-order valence-electron chi connectivity index (χ1n) is 11.1. The lowest BCUT2D eigenvalue weighted by Gasteiger charge is -2.29. The standard InChI is InChI=1S/C27H29N3O/c1-18-8-4-7-11-26(18)29-27(31)24(17-28)15-23-14-19(2)30(20(23)3)25-13-12-21-9-5-6-10-22(21)16-25/h5-6,9-10,12-16,18,26H,4,7-8,11H2,1-3H3,(H,29,31)/b24-15+/t18-,26-/m0/s1. The summed E-state index contributed by atoms with van der Waals surface area (Å²) in [6, 6.07) is 19.0. The molecule has 1 fully saturated rings. The van der Waals surface area contributed by atoms with Gasteiger partial charge in [0.1, 0.15) is 11.6 Å². The zero-order valence-corrected chi connectivity index (χ0v) is 18.5. The van der Waals surface area contributed by atoms with Crippen molar-refractivity contribution in [1.82, 2.24) is 9.88 Å². The second-order valence-electron chi connectivity index (χ2n) is 8.70. The molecular weight excluding hydrogens is 382 g/mol. The van der Waals surface area contributed by atoms with Crippen molar-refractivity contribution in [2.75, 3.05) is 0 Å². The Morgan fingerprint density at radius 1 is 1.10 bits per heavy atom. The molecule has 158 valence electrons. The Bertz CT molecular complexity index is 1190. The van der Waals surface area contributed by atoms with Crippen LogP contribution >= 0.6 is 0 Å². The van der Waals surface area contributed by atoms with Crippen molar-refractivity contribution in [3.63, 3.8) is 0 Å². The van der Waals surface area contributed by atoms with Crippen LogP contribution in [0.3, 0.4) is 0 Å². The maximum Gasteiger partial charge on any atom is 0.262 e. The minimum absolute atomic E-state index is 0.156. The van der Waals surface area contributed by atoms with Crippen LogP contribution in [0.5, 0.6) is 0 Å². The fourth-order valence-corrected chi connectivity index (χ4v) is 4.73. The molecule has 1 heterocycles. The number of hydrogen-bond acceptors (Lipinski definition) is 2. The number of nitriles is 1. The summed E-state index contributed by atoms with van der Waals surface area (Å²) in [5, 5.41) is 15.2. The first-order valence-corrected chi connectivity index (χ1v) is 11.1. The van der Waals surface area contributed by atoms with Gasteiger partial charge in [-0.15, -0.1) is 0 Å². The highest BCUT2D eigenvalue weighted by atomic mass is 16.1. The maximum atomic E-state index is 12.8. The number of hydrogen-bond donors (Lipinski definition) is 1.